The van der Waals surface area contributed by atoms with Gasteiger partial charge in [0.2, 0.25) is 0 Å². The van der Waals surface area contributed by atoms with Crippen LogP contribution in [0, 0.1) is 0 Å². The number of hydrogen-bond acceptors (Lipinski definition) is 7. The van der Waals surface area contributed by atoms with Crippen molar-refractivity contribution in [3.8, 4) is 22.8 Å². The summed E-state index contributed by atoms with van der Waals surface area (Å²) in [5.41, 5.74) is 2.01. The van der Waals surface area contributed by atoms with Crippen LogP contribution in [0.4, 0.5) is 10.8 Å². The Kier molecular flexibility index (Phi) is 6.27. The third-order valence-corrected chi connectivity index (χ3v) is 7.32. The molecule has 0 spiro atoms. The standard InChI is InChI=1S/C21H20ClN3O5S2/c1-3-8-25-17-9-13(4-6-19(17)30-11-20(25)26)16-12-31-21(23-16)24-32(27,28)14-5-7-18(29-2)15(22)10-14/h4-7,9-10,12H,3,8,11H2,1-2H3,(H,23,24). The molecule has 0 saturated carbocycles. The number of aromatic nitrogens is 1. The second kappa shape index (κ2) is 8.97. The fraction of sp³-hybridized carbons (Fsp3) is 0.238. The number of benzene rings is 2. The molecule has 0 aliphatic carbocycles. The van der Waals surface area contributed by atoms with Gasteiger partial charge in [-0.3, -0.25) is 9.52 Å². The van der Waals surface area contributed by atoms with Crippen LogP contribution in [0.2, 0.25) is 5.02 Å². The Morgan fingerprint density at radius 3 is 2.81 bits per heavy atom. The van der Waals surface area contributed by atoms with Crippen LogP contribution in [0.5, 0.6) is 11.5 Å². The second-order valence-corrected chi connectivity index (χ2v) is 9.90. The topological polar surface area (TPSA) is 97.8 Å². The minimum atomic E-state index is -3.88. The van der Waals surface area contributed by atoms with Gasteiger partial charge >= 0.3 is 0 Å². The summed E-state index contributed by atoms with van der Waals surface area (Å²) >= 11 is 7.21. The molecule has 0 unspecified atom stereocenters. The van der Waals surface area contributed by atoms with Crippen LogP contribution >= 0.6 is 22.9 Å². The van der Waals surface area contributed by atoms with Gasteiger partial charge in [-0.05, 0) is 42.8 Å². The minimum Gasteiger partial charge on any atom is -0.495 e. The molecule has 32 heavy (non-hydrogen) atoms. The van der Waals surface area contributed by atoms with Gasteiger partial charge in [0, 0.05) is 17.5 Å². The van der Waals surface area contributed by atoms with Crippen molar-refractivity contribution < 1.29 is 22.7 Å². The van der Waals surface area contributed by atoms with E-state index in [1.165, 1.54) is 25.3 Å². The van der Waals surface area contributed by atoms with Crippen LogP contribution in [-0.4, -0.2) is 39.6 Å². The summed E-state index contributed by atoms with van der Waals surface area (Å²) < 4.78 is 38.5. The number of rotatable bonds is 7. The van der Waals surface area contributed by atoms with Gasteiger partial charge in [0.1, 0.15) is 11.5 Å². The number of sulfonamides is 1. The zero-order valence-corrected chi connectivity index (χ0v) is 19.7. The van der Waals surface area contributed by atoms with Crippen LogP contribution in [0.25, 0.3) is 11.3 Å². The summed E-state index contributed by atoms with van der Waals surface area (Å²) in [7, 11) is -2.43. The van der Waals surface area contributed by atoms with Gasteiger partial charge < -0.3 is 14.4 Å². The van der Waals surface area contributed by atoms with Gasteiger partial charge in [-0.1, -0.05) is 18.5 Å². The Bertz CT molecular complexity index is 1280. The number of nitrogens with zero attached hydrogens (tertiary/aromatic N) is 2. The first-order chi connectivity index (χ1) is 15.3. The maximum atomic E-state index is 12.7. The molecule has 0 bridgehead atoms. The van der Waals surface area contributed by atoms with Gasteiger partial charge in [-0.15, -0.1) is 11.3 Å². The van der Waals surface area contributed by atoms with Gasteiger partial charge in [0.05, 0.1) is 28.4 Å². The number of nitrogens with one attached hydrogen (secondary N) is 1. The zero-order chi connectivity index (χ0) is 22.9. The first kappa shape index (κ1) is 22.4. The molecule has 1 aliphatic rings. The number of hydrogen-bond donors (Lipinski definition) is 1. The quantitative estimate of drug-likeness (QED) is 0.523. The van der Waals surface area contributed by atoms with Crippen LogP contribution in [0.1, 0.15) is 13.3 Å². The van der Waals surface area contributed by atoms with Crippen molar-refractivity contribution in [3.05, 3.63) is 46.8 Å². The zero-order valence-electron chi connectivity index (χ0n) is 17.3. The van der Waals surface area contributed by atoms with E-state index in [1.807, 2.05) is 19.1 Å². The molecule has 8 nitrogen and oxygen atoms in total. The molecule has 1 N–H and O–H groups in total. The summed E-state index contributed by atoms with van der Waals surface area (Å²) in [6.45, 7) is 2.61. The van der Waals surface area contributed by atoms with E-state index in [1.54, 1.807) is 16.3 Å². The van der Waals surface area contributed by atoms with Crippen LogP contribution in [0.15, 0.2) is 46.7 Å². The molecule has 0 radical (unpaired) electrons. The number of carbonyl (C=O) groups is 1. The average Bonchev–Trinajstić information content (AvgIpc) is 3.23. The van der Waals surface area contributed by atoms with E-state index in [4.69, 9.17) is 21.1 Å². The molecule has 2 heterocycles. The highest BCUT2D eigenvalue weighted by molar-refractivity contribution is 7.93. The molecule has 0 saturated heterocycles. The van der Waals surface area contributed by atoms with Gasteiger partial charge in [-0.2, -0.15) is 0 Å². The molecule has 0 atom stereocenters. The normalized spacial score (nSPS) is 13.5. The minimum absolute atomic E-state index is 0.000278. The summed E-state index contributed by atoms with van der Waals surface area (Å²) in [4.78, 5) is 18.4. The van der Waals surface area contributed by atoms with Crippen molar-refractivity contribution in [2.45, 2.75) is 18.2 Å². The first-order valence-corrected chi connectivity index (χ1v) is 12.5. The van der Waals surface area contributed by atoms with E-state index in [0.717, 1.165) is 23.3 Å². The van der Waals surface area contributed by atoms with E-state index in [9.17, 15) is 13.2 Å². The number of thiazole rings is 1. The predicted octanol–water partition coefficient (Wildman–Crippen LogP) is 4.41. The molecule has 0 fully saturated rings. The molecule has 168 valence electrons. The van der Waals surface area contributed by atoms with Gasteiger partial charge in [0.15, 0.2) is 11.7 Å². The number of amides is 1. The van der Waals surface area contributed by atoms with Crippen molar-refractivity contribution in [3.63, 3.8) is 0 Å². The molecule has 2 aromatic carbocycles. The number of fused-ring (bicyclic) bond motifs is 1. The smallest absolute Gasteiger partial charge is 0.265 e. The fourth-order valence-corrected chi connectivity index (χ4v) is 5.59. The average molecular weight is 494 g/mol. The fourth-order valence-electron chi connectivity index (χ4n) is 3.27. The molecule has 4 rings (SSSR count). The Morgan fingerprint density at radius 2 is 2.09 bits per heavy atom. The SMILES string of the molecule is CCCN1C(=O)COc2ccc(-c3csc(NS(=O)(=O)c4ccc(OC)c(Cl)c4)n3)cc21. The van der Waals surface area contributed by atoms with E-state index in [0.29, 0.717) is 29.4 Å². The lowest BCUT2D eigenvalue weighted by Gasteiger charge is -2.29. The van der Waals surface area contributed by atoms with E-state index < -0.39 is 10.0 Å². The highest BCUT2D eigenvalue weighted by Gasteiger charge is 2.25. The number of ether oxygens (including phenoxy) is 2. The molecule has 11 heteroatoms. The second-order valence-electron chi connectivity index (χ2n) is 6.96. The van der Waals surface area contributed by atoms with Crippen molar-refractivity contribution in [2.24, 2.45) is 0 Å². The lowest BCUT2D eigenvalue weighted by molar-refractivity contribution is -0.121. The Balaban J connectivity index is 1.59. The summed E-state index contributed by atoms with van der Waals surface area (Å²) in [5, 5.41) is 2.15. The Labute approximate surface area is 194 Å². The third kappa shape index (κ3) is 4.38. The van der Waals surface area contributed by atoms with Crippen LogP contribution in [-0.2, 0) is 14.8 Å². The third-order valence-electron chi connectivity index (χ3n) is 4.80. The van der Waals surface area contributed by atoms with Crippen molar-refractivity contribution in [2.75, 3.05) is 29.9 Å². The van der Waals surface area contributed by atoms with Crippen molar-refractivity contribution in [1.82, 2.24) is 4.98 Å². The summed E-state index contributed by atoms with van der Waals surface area (Å²) in [6.07, 6.45) is 0.813. The molecule has 1 amide bonds. The predicted molar refractivity (Wildman–Crippen MR) is 125 cm³/mol. The number of carbonyl (C=O) groups excluding carboxylic acids is 1. The van der Waals surface area contributed by atoms with E-state index >= 15 is 0 Å². The van der Waals surface area contributed by atoms with Crippen molar-refractivity contribution >= 4 is 49.7 Å². The molecule has 1 aliphatic heterocycles. The Morgan fingerprint density at radius 1 is 1.28 bits per heavy atom. The summed E-state index contributed by atoms with van der Waals surface area (Å²) in [6, 6.07) is 9.67. The molecular weight excluding hydrogens is 474 g/mol. The maximum Gasteiger partial charge on any atom is 0.265 e. The molecule has 3 aromatic rings. The largest absolute Gasteiger partial charge is 0.495 e. The van der Waals surface area contributed by atoms with E-state index in [2.05, 4.69) is 9.71 Å². The lowest BCUT2D eigenvalue weighted by Crippen LogP contribution is -2.39. The van der Waals surface area contributed by atoms with Crippen LogP contribution in [0.3, 0.4) is 0 Å². The lowest BCUT2D eigenvalue weighted by atomic mass is 10.1. The van der Waals surface area contributed by atoms with Crippen LogP contribution < -0.4 is 19.1 Å². The van der Waals surface area contributed by atoms with E-state index in [-0.39, 0.29) is 27.6 Å². The summed E-state index contributed by atoms with van der Waals surface area (Å²) in [5.74, 6) is 0.921. The number of methoxy groups -OCH3 is 1. The first-order valence-electron chi connectivity index (χ1n) is 9.72. The highest BCUT2D eigenvalue weighted by atomic mass is 35.5. The van der Waals surface area contributed by atoms with Gasteiger partial charge in [0.25, 0.3) is 15.9 Å². The van der Waals surface area contributed by atoms with Crippen molar-refractivity contribution in [1.29, 1.82) is 0 Å². The maximum absolute atomic E-state index is 12.7. The van der Waals surface area contributed by atoms with Gasteiger partial charge in [-0.25, -0.2) is 13.4 Å². The Hall–Kier alpha value is -2.82. The highest BCUT2D eigenvalue weighted by Crippen LogP contribution is 2.37. The number of anilines is 2. The monoisotopic (exact) mass is 493 g/mol. The molecular formula is C21H20ClN3O5S2. The molecule has 1 aromatic heterocycles. The number of halogens is 1.